The number of carbonyl (C=O) groups is 1. The van der Waals surface area contributed by atoms with Crippen molar-refractivity contribution < 1.29 is 27.5 Å². The molecule has 0 fully saturated rings. The molecule has 154 valence electrons. The van der Waals surface area contributed by atoms with Crippen LogP contribution >= 0.6 is 0 Å². The summed E-state index contributed by atoms with van der Waals surface area (Å²) in [5, 5.41) is 16.4. The first-order valence-electron chi connectivity index (χ1n) is 8.70. The number of halogens is 4. The minimum atomic E-state index is -3.08. The highest BCUT2D eigenvalue weighted by molar-refractivity contribution is 6.04. The van der Waals surface area contributed by atoms with Crippen molar-refractivity contribution in [3.05, 3.63) is 52.5 Å². The maximum Gasteiger partial charge on any atom is 0.280 e. The summed E-state index contributed by atoms with van der Waals surface area (Å²) in [5.41, 5.74) is -0.552. The lowest BCUT2D eigenvalue weighted by atomic mass is 9.99. The lowest BCUT2D eigenvalue weighted by Crippen LogP contribution is -2.14. The first-order chi connectivity index (χ1) is 13.6. The van der Waals surface area contributed by atoms with Crippen LogP contribution < -0.4 is 5.32 Å². The Balaban J connectivity index is 2.00. The van der Waals surface area contributed by atoms with Gasteiger partial charge in [0.25, 0.3) is 18.8 Å². The Labute approximate surface area is 163 Å². The number of hydrogen-bond donors (Lipinski definition) is 2. The molecule has 0 spiro atoms. The van der Waals surface area contributed by atoms with E-state index in [1.165, 1.54) is 6.07 Å². The number of benzene rings is 1. The van der Waals surface area contributed by atoms with Crippen molar-refractivity contribution in [2.45, 2.75) is 39.5 Å². The van der Waals surface area contributed by atoms with E-state index in [2.05, 4.69) is 15.4 Å². The van der Waals surface area contributed by atoms with Crippen LogP contribution in [0.15, 0.2) is 24.3 Å². The normalized spacial score (nSPS) is 11.8. The quantitative estimate of drug-likeness (QED) is 0.459. The van der Waals surface area contributed by atoms with Gasteiger partial charge in [-0.15, -0.1) is 0 Å². The summed E-state index contributed by atoms with van der Waals surface area (Å²) in [5.74, 6) is -0.640. The largest absolute Gasteiger partial charge is 0.508 e. The van der Waals surface area contributed by atoms with Gasteiger partial charge in [0.05, 0.1) is 0 Å². The second-order valence-electron chi connectivity index (χ2n) is 6.84. The predicted octanol–water partition coefficient (Wildman–Crippen LogP) is 4.99. The molecule has 0 aliphatic rings. The van der Waals surface area contributed by atoms with Crippen molar-refractivity contribution >= 4 is 17.2 Å². The second-order valence-corrected chi connectivity index (χ2v) is 6.84. The number of nitrogens with one attached hydrogen (secondary N) is 1. The third-order valence-corrected chi connectivity index (χ3v) is 4.40. The van der Waals surface area contributed by atoms with Crippen molar-refractivity contribution in [2.75, 3.05) is 5.32 Å². The van der Waals surface area contributed by atoms with E-state index in [4.69, 9.17) is 0 Å². The van der Waals surface area contributed by atoms with Crippen LogP contribution in [0, 0.1) is 6.92 Å². The number of hydrogen-bond acceptors (Lipinski definition) is 4. The summed E-state index contributed by atoms with van der Waals surface area (Å²) in [7, 11) is 0. The minimum Gasteiger partial charge on any atom is -0.508 e. The van der Waals surface area contributed by atoms with E-state index in [-0.39, 0.29) is 23.0 Å². The molecular formula is C19H18F4N4O2. The van der Waals surface area contributed by atoms with Crippen molar-refractivity contribution in [1.82, 2.24) is 14.6 Å². The lowest BCUT2D eigenvalue weighted by Gasteiger charge is -2.14. The third kappa shape index (κ3) is 4.01. The monoisotopic (exact) mass is 410 g/mol. The van der Waals surface area contributed by atoms with Crippen molar-refractivity contribution in [1.29, 1.82) is 0 Å². The molecule has 29 heavy (non-hydrogen) atoms. The van der Waals surface area contributed by atoms with E-state index >= 15 is 0 Å². The van der Waals surface area contributed by atoms with Crippen LogP contribution in [0.4, 0.5) is 23.2 Å². The smallest absolute Gasteiger partial charge is 0.280 e. The van der Waals surface area contributed by atoms with E-state index < -0.39 is 30.1 Å². The van der Waals surface area contributed by atoms with Gasteiger partial charge in [-0.1, -0.05) is 13.8 Å². The Morgan fingerprint density at radius 2 is 1.79 bits per heavy atom. The standard InChI is InChI=1S/C19H18F4N4O2/c1-8(2)10-5-11(9(3)4-15(10)28)25-19(29)13-7-16-24-12(17(20)21)6-14(18(22)23)27(16)26-13/h4-8,17-18,28H,1-3H3,(H,25,29). The van der Waals surface area contributed by atoms with E-state index in [0.717, 1.165) is 6.07 Å². The number of amides is 1. The Morgan fingerprint density at radius 1 is 1.10 bits per heavy atom. The predicted molar refractivity (Wildman–Crippen MR) is 97.8 cm³/mol. The molecule has 1 amide bonds. The van der Waals surface area contributed by atoms with Crippen LogP contribution in [-0.2, 0) is 0 Å². The number of anilines is 1. The average Bonchev–Trinajstić information content (AvgIpc) is 3.06. The summed E-state index contributed by atoms with van der Waals surface area (Å²) in [6.45, 7) is 5.42. The van der Waals surface area contributed by atoms with Gasteiger partial charge in [-0.2, -0.15) is 5.10 Å². The van der Waals surface area contributed by atoms with Crippen LogP contribution in [0.3, 0.4) is 0 Å². The number of aryl methyl sites for hydroxylation is 1. The average molecular weight is 410 g/mol. The zero-order chi connectivity index (χ0) is 21.5. The first-order valence-corrected chi connectivity index (χ1v) is 8.70. The van der Waals surface area contributed by atoms with E-state index in [1.807, 2.05) is 13.8 Å². The zero-order valence-corrected chi connectivity index (χ0v) is 15.8. The van der Waals surface area contributed by atoms with Gasteiger partial charge in [-0.25, -0.2) is 27.1 Å². The van der Waals surface area contributed by atoms with E-state index in [1.54, 1.807) is 13.0 Å². The summed E-state index contributed by atoms with van der Waals surface area (Å²) in [4.78, 5) is 16.2. The number of alkyl halides is 4. The highest BCUT2D eigenvalue weighted by Crippen LogP contribution is 2.31. The Bertz CT molecular complexity index is 1080. The number of nitrogens with zero attached hydrogens (tertiary/aromatic N) is 3. The number of aromatic nitrogens is 3. The second kappa shape index (κ2) is 7.69. The van der Waals surface area contributed by atoms with Crippen LogP contribution in [0.5, 0.6) is 5.75 Å². The van der Waals surface area contributed by atoms with Crippen molar-refractivity contribution in [2.24, 2.45) is 0 Å². The maximum atomic E-state index is 13.3. The Kier molecular flexibility index (Phi) is 5.45. The molecule has 3 rings (SSSR count). The molecular weight excluding hydrogens is 392 g/mol. The molecule has 0 aliphatic heterocycles. The van der Waals surface area contributed by atoms with Gasteiger partial charge in [0.15, 0.2) is 11.3 Å². The highest BCUT2D eigenvalue weighted by Gasteiger charge is 2.22. The molecule has 0 atom stereocenters. The summed E-state index contributed by atoms with van der Waals surface area (Å²) in [6.07, 6.45) is -6.12. The molecule has 0 radical (unpaired) electrons. The molecule has 0 aliphatic carbocycles. The minimum absolute atomic E-state index is 0.00739. The molecule has 0 saturated heterocycles. The van der Waals surface area contributed by atoms with Gasteiger partial charge >= 0.3 is 0 Å². The van der Waals surface area contributed by atoms with Crippen LogP contribution in [0.2, 0.25) is 0 Å². The molecule has 6 nitrogen and oxygen atoms in total. The SMILES string of the molecule is Cc1cc(O)c(C(C)C)cc1NC(=O)c1cc2nc(C(F)F)cc(C(F)F)n2n1. The molecule has 0 unspecified atom stereocenters. The number of phenolic OH excluding ortho intramolecular Hbond substituents is 1. The summed E-state index contributed by atoms with van der Waals surface area (Å²) >= 11 is 0. The topological polar surface area (TPSA) is 79.5 Å². The molecule has 1 aromatic carbocycles. The Morgan fingerprint density at radius 3 is 2.38 bits per heavy atom. The molecule has 2 N–H and O–H groups in total. The highest BCUT2D eigenvalue weighted by atomic mass is 19.3. The van der Waals surface area contributed by atoms with Crippen LogP contribution in [-0.4, -0.2) is 25.6 Å². The van der Waals surface area contributed by atoms with E-state index in [0.29, 0.717) is 27.4 Å². The Hall–Kier alpha value is -3.17. The van der Waals surface area contributed by atoms with E-state index in [9.17, 15) is 27.5 Å². The number of carbonyl (C=O) groups excluding carboxylic acids is 1. The number of fused-ring (bicyclic) bond motifs is 1. The number of rotatable bonds is 5. The summed E-state index contributed by atoms with van der Waals surface area (Å²) in [6, 6.07) is 4.74. The van der Waals surface area contributed by atoms with Crippen LogP contribution in [0.1, 0.15) is 65.6 Å². The summed E-state index contributed by atoms with van der Waals surface area (Å²) < 4.78 is 53.0. The fraction of sp³-hybridized carbons (Fsp3) is 0.316. The molecule has 0 saturated carbocycles. The maximum absolute atomic E-state index is 13.3. The zero-order valence-electron chi connectivity index (χ0n) is 15.8. The van der Waals surface area contributed by atoms with Gasteiger partial charge in [0.1, 0.15) is 17.1 Å². The first kappa shape index (κ1) is 20.6. The molecule has 0 bridgehead atoms. The van der Waals surface area contributed by atoms with Crippen LogP contribution in [0.25, 0.3) is 5.65 Å². The van der Waals surface area contributed by atoms with Gasteiger partial charge in [-0.05, 0) is 42.2 Å². The molecule has 2 aromatic heterocycles. The fourth-order valence-electron chi connectivity index (χ4n) is 2.89. The van der Waals surface area contributed by atoms with Gasteiger partial charge in [0.2, 0.25) is 0 Å². The molecule has 10 heteroatoms. The van der Waals surface area contributed by atoms with Gasteiger partial charge in [0, 0.05) is 11.8 Å². The fourth-order valence-corrected chi connectivity index (χ4v) is 2.89. The van der Waals surface area contributed by atoms with Gasteiger partial charge in [-0.3, -0.25) is 4.79 Å². The van der Waals surface area contributed by atoms with Gasteiger partial charge < -0.3 is 10.4 Å². The number of phenols is 1. The molecule has 3 aromatic rings. The van der Waals surface area contributed by atoms with Crippen molar-refractivity contribution in [3.8, 4) is 5.75 Å². The van der Waals surface area contributed by atoms with Crippen molar-refractivity contribution in [3.63, 3.8) is 0 Å². The third-order valence-electron chi connectivity index (χ3n) is 4.40. The molecule has 2 heterocycles. The lowest BCUT2D eigenvalue weighted by molar-refractivity contribution is 0.102. The number of aromatic hydroxyl groups is 1.